The first-order valence-electron chi connectivity index (χ1n) is 6.45. The Morgan fingerprint density at radius 2 is 2.17 bits per heavy atom. The van der Waals surface area contributed by atoms with E-state index in [1.165, 1.54) is 5.56 Å². The van der Waals surface area contributed by atoms with Crippen molar-refractivity contribution < 1.29 is 4.79 Å². The van der Waals surface area contributed by atoms with Crippen molar-refractivity contribution in [3.05, 3.63) is 35.9 Å². The van der Waals surface area contributed by atoms with Gasteiger partial charge < -0.3 is 5.32 Å². The van der Waals surface area contributed by atoms with Crippen LogP contribution in [0.3, 0.4) is 0 Å². The molecule has 2 saturated heterocycles. The number of hydrogen-bond donors (Lipinski definition) is 1. The number of carbonyl (C=O) groups is 1. The number of hydrogen-bond acceptors (Lipinski definition) is 2. The summed E-state index contributed by atoms with van der Waals surface area (Å²) in [5, 5.41) is 2.99. The van der Waals surface area contributed by atoms with E-state index in [0.717, 1.165) is 32.5 Å². The number of carbonyl (C=O) groups excluding carboxylic acids is 1. The number of nitrogens with zero attached hydrogens (tertiary/aromatic N) is 1. The Morgan fingerprint density at radius 1 is 1.39 bits per heavy atom. The maximum absolute atomic E-state index is 11.9. The van der Waals surface area contributed by atoms with Crippen molar-refractivity contribution in [3.8, 4) is 0 Å². The molecule has 0 radical (unpaired) electrons. The van der Waals surface area contributed by atoms with E-state index in [2.05, 4.69) is 50.4 Å². The SMILES string of the molecule is O=C1NC[C@@H]2N(Cc3ccccc3)CCC[C@@]12Br. The van der Waals surface area contributed by atoms with Gasteiger partial charge in [0.2, 0.25) is 5.91 Å². The highest BCUT2D eigenvalue weighted by molar-refractivity contribution is 9.10. The van der Waals surface area contributed by atoms with Crippen molar-refractivity contribution in [3.63, 3.8) is 0 Å². The van der Waals surface area contributed by atoms with Crippen LogP contribution in [0.4, 0.5) is 0 Å². The molecular weight excluding hydrogens is 292 g/mol. The fourth-order valence-corrected chi connectivity index (χ4v) is 3.92. The summed E-state index contributed by atoms with van der Waals surface area (Å²) in [6.45, 7) is 2.76. The minimum absolute atomic E-state index is 0.158. The van der Waals surface area contributed by atoms with Crippen molar-refractivity contribution in [2.45, 2.75) is 29.8 Å². The van der Waals surface area contributed by atoms with Gasteiger partial charge in [-0.3, -0.25) is 9.69 Å². The van der Waals surface area contributed by atoms with Crippen LogP contribution >= 0.6 is 15.9 Å². The summed E-state index contributed by atoms with van der Waals surface area (Å²) in [5.41, 5.74) is 1.31. The van der Waals surface area contributed by atoms with Gasteiger partial charge in [-0.25, -0.2) is 0 Å². The van der Waals surface area contributed by atoms with Crippen LogP contribution in [-0.4, -0.2) is 34.3 Å². The number of piperidine rings is 1. The number of halogens is 1. The highest BCUT2D eigenvalue weighted by atomic mass is 79.9. The number of amides is 1. The van der Waals surface area contributed by atoms with Crippen LogP contribution in [-0.2, 0) is 11.3 Å². The van der Waals surface area contributed by atoms with Gasteiger partial charge >= 0.3 is 0 Å². The molecule has 2 aliphatic rings. The Morgan fingerprint density at radius 3 is 2.94 bits per heavy atom. The zero-order valence-corrected chi connectivity index (χ0v) is 11.8. The van der Waals surface area contributed by atoms with Crippen molar-refractivity contribution in [2.24, 2.45) is 0 Å². The van der Waals surface area contributed by atoms with E-state index in [1.54, 1.807) is 0 Å². The molecule has 2 fully saturated rings. The first-order valence-corrected chi connectivity index (χ1v) is 7.25. The molecule has 96 valence electrons. The number of likely N-dealkylation sites (tertiary alicyclic amines) is 1. The molecule has 2 aliphatic heterocycles. The molecule has 18 heavy (non-hydrogen) atoms. The average Bonchev–Trinajstić information content (AvgIpc) is 2.68. The zero-order chi connectivity index (χ0) is 12.6. The Balaban J connectivity index is 1.79. The fourth-order valence-electron chi connectivity index (χ4n) is 3.05. The Hall–Kier alpha value is -0.870. The van der Waals surface area contributed by atoms with Crippen molar-refractivity contribution in [1.29, 1.82) is 0 Å². The van der Waals surface area contributed by atoms with Crippen LogP contribution in [0.1, 0.15) is 18.4 Å². The third kappa shape index (κ3) is 1.97. The van der Waals surface area contributed by atoms with Crippen LogP contribution < -0.4 is 5.32 Å². The number of benzene rings is 1. The largest absolute Gasteiger partial charge is 0.353 e. The molecule has 0 aromatic heterocycles. The Kier molecular flexibility index (Phi) is 3.16. The lowest BCUT2D eigenvalue weighted by atomic mass is 9.91. The Bertz CT molecular complexity index is 450. The van der Waals surface area contributed by atoms with Crippen LogP contribution in [0.15, 0.2) is 30.3 Å². The molecule has 1 amide bonds. The van der Waals surface area contributed by atoms with Gasteiger partial charge in [-0.05, 0) is 24.9 Å². The van der Waals surface area contributed by atoms with E-state index in [4.69, 9.17) is 0 Å². The molecule has 0 bridgehead atoms. The van der Waals surface area contributed by atoms with E-state index in [1.807, 2.05) is 6.07 Å². The zero-order valence-electron chi connectivity index (χ0n) is 10.2. The van der Waals surface area contributed by atoms with Gasteiger partial charge in [0, 0.05) is 13.1 Å². The van der Waals surface area contributed by atoms with Gasteiger partial charge in [0.25, 0.3) is 0 Å². The average molecular weight is 309 g/mol. The fraction of sp³-hybridized carbons (Fsp3) is 0.500. The van der Waals surface area contributed by atoms with Gasteiger partial charge in [0.15, 0.2) is 0 Å². The van der Waals surface area contributed by atoms with Crippen LogP contribution in [0.25, 0.3) is 0 Å². The second-order valence-corrected chi connectivity index (χ2v) is 6.56. The molecule has 0 spiro atoms. The molecule has 4 heteroatoms. The lowest BCUT2D eigenvalue weighted by molar-refractivity contribution is -0.122. The molecule has 1 aromatic rings. The van der Waals surface area contributed by atoms with Crippen LogP contribution in [0.2, 0.25) is 0 Å². The predicted octanol–water partition coefficient (Wildman–Crippen LogP) is 1.91. The first-order chi connectivity index (χ1) is 8.70. The lowest BCUT2D eigenvalue weighted by Crippen LogP contribution is -2.53. The third-order valence-corrected chi connectivity index (χ3v) is 5.30. The quantitative estimate of drug-likeness (QED) is 0.847. The lowest BCUT2D eigenvalue weighted by Gasteiger charge is -2.40. The van der Waals surface area contributed by atoms with E-state index < -0.39 is 0 Å². The molecule has 0 saturated carbocycles. The maximum atomic E-state index is 11.9. The summed E-state index contributed by atoms with van der Waals surface area (Å²) < 4.78 is -0.361. The molecule has 3 rings (SSSR count). The van der Waals surface area contributed by atoms with Gasteiger partial charge in [0.05, 0.1) is 6.04 Å². The standard InChI is InChI=1S/C14H17BrN2O/c15-14-7-4-8-17(12(14)9-16-13(14)18)10-11-5-2-1-3-6-11/h1-3,5-6,12H,4,7-10H2,(H,16,18)/t12-,14-/m0/s1. The molecule has 0 aliphatic carbocycles. The van der Waals surface area contributed by atoms with E-state index in [0.29, 0.717) is 0 Å². The van der Waals surface area contributed by atoms with Crippen LogP contribution in [0.5, 0.6) is 0 Å². The van der Waals surface area contributed by atoms with E-state index in [-0.39, 0.29) is 16.3 Å². The number of fused-ring (bicyclic) bond motifs is 1. The van der Waals surface area contributed by atoms with E-state index in [9.17, 15) is 4.79 Å². The van der Waals surface area contributed by atoms with Gasteiger partial charge in [-0.2, -0.15) is 0 Å². The number of nitrogens with one attached hydrogen (secondary N) is 1. The molecule has 2 heterocycles. The molecule has 1 N–H and O–H groups in total. The topological polar surface area (TPSA) is 32.3 Å². The van der Waals surface area contributed by atoms with Crippen molar-refractivity contribution in [2.75, 3.05) is 13.1 Å². The second-order valence-electron chi connectivity index (χ2n) is 5.15. The molecule has 2 atom stereocenters. The smallest absolute Gasteiger partial charge is 0.238 e. The highest BCUT2D eigenvalue weighted by Gasteiger charge is 2.52. The number of alkyl halides is 1. The first kappa shape index (κ1) is 12.2. The summed E-state index contributed by atoms with van der Waals surface area (Å²) in [5.74, 6) is 0.158. The van der Waals surface area contributed by atoms with Crippen molar-refractivity contribution in [1.82, 2.24) is 10.2 Å². The minimum Gasteiger partial charge on any atom is -0.353 e. The van der Waals surface area contributed by atoms with Gasteiger partial charge in [-0.15, -0.1) is 0 Å². The predicted molar refractivity (Wildman–Crippen MR) is 74.5 cm³/mol. The van der Waals surface area contributed by atoms with Gasteiger partial charge in [0.1, 0.15) is 4.32 Å². The number of rotatable bonds is 2. The minimum atomic E-state index is -0.361. The second kappa shape index (κ2) is 4.67. The third-order valence-electron chi connectivity index (χ3n) is 4.02. The molecular formula is C14H17BrN2O. The summed E-state index contributed by atoms with van der Waals surface area (Å²) in [6, 6.07) is 10.7. The highest BCUT2D eigenvalue weighted by Crippen LogP contribution is 2.39. The normalized spacial score (nSPS) is 32.1. The monoisotopic (exact) mass is 308 g/mol. The summed E-state index contributed by atoms with van der Waals surface area (Å²) >= 11 is 3.69. The molecule has 3 nitrogen and oxygen atoms in total. The maximum Gasteiger partial charge on any atom is 0.238 e. The van der Waals surface area contributed by atoms with Gasteiger partial charge in [-0.1, -0.05) is 46.3 Å². The summed E-state index contributed by atoms with van der Waals surface area (Å²) in [7, 11) is 0. The summed E-state index contributed by atoms with van der Waals surface area (Å²) in [4.78, 5) is 14.4. The van der Waals surface area contributed by atoms with Crippen LogP contribution in [0, 0.1) is 0 Å². The molecule has 0 unspecified atom stereocenters. The Labute approximate surface area is 116 Å². The molecule has 1 aromatic carbocycles. The van der Waals surface area contributed by atoms with Crippen molar-refractivity contribution >= 4 is 21.8 Å². The van der Waals surface area contributed by atoms with E-state index >= 15 is 0 Å². The summed E-state index contributed by atoms with van der Waals surface area (Å²) in [6.07, 6.45) is 2.01.